The Labute approximate surface area is 185 Å². The number of nitrogens with one attached hydrogen (secondary N) is 2. The number of aromatic amines is 1. The average Bonchev–Trinajstić information content (AvgIpc) is 3.29. The van der Waals surface area contributed by atoms with E-state index in [-0.39, 0.29) is 11.6 Å². The first-order chi connectivity index (χ1) is 15.3. The molecule has 0 radical (unpaired) electrons. The number of carboxylic acid groups (broad SMARTS) is 1. The molecule has 0 unspecified atom stereocenters. The number of hydrogen-bond acceptors (Lipinski definition) is 6. The van der Waals surface area contributed by atoms with Gasteiger partial charge in [-0.25, -0.2) is 9.78 Å². The van der Waals surface area contributed by atoms with Gasteiger partial charge in [-0.15, -0.1) is 0 Å². The number of Topliss-reactive ketones (excluding diaryl/α,β-unsaturated/α-hetero) is 1. The van der Waals surface area contributed by atoms with Crippen molar-refractivity contribution in [3.63, 3.8) is 0 Å². The number of rotatable bonds is 7. The fraction of sp³-hybridized carbons (Fsp3) is 0.208. The zero-order valence-corrected chi connectivity index (χ0v) is 18.1. The second-order valence-corrected chi connectivity index (χ2v) is 7.92. The van der Waals surface area contributed by atoms with Gasteiger partial charge in [0.05, 0.1) is 0 Å². The maximum atomic E-state index is 12.8. The summed E-state index contributed by atoms with van der Waals surface area (Å²) < 4.78 is 5.70. The Bertz CT molecular complexity index is 1270. The molecule has 3 aromatic rings. The predicted molar refractivity (Wildman–Crippen MR) is 122 cm³/mol. The minimum atomic E-state index is -1.35. The van der Waals surface area contributed by atoms with Gasteiger partial charge in [0.15, 0.2) is 11.3 Å². The van der Waals surface area contributed by atoms with Gasteiger partial charge < -0.3 is 25.0 Å². The van der Waals surface area contributed by atoms with Crippen LogP contribution in [-0.4, -0.2) is 52.4 Å². The van der Waals surface area contributed by atoms with Crippen LogP contribution in [0.2, 0.25) is 0 Å². The van der Waals surface area contributed by atoms with Gasteiger partial charge in [-0.2, -0.15) is 0 Å². The van der Waals surface area contributed by atoms with Gasteiger partial charge in [-0.05, 0) is 62.8 Å². The van der Waals surface area contributed by atoms with E-state index in [4.69, 9.17) is 4.74 Å². The molecule has 2 aromatic heterocycles. The molecule has 0 amide bonds. The number of ketones is 1. The first kappa shape index (κ1) is 21.3. The van der Waals surface area contributed by atoms with Crippen molar-refractivity contribution in [3.8, 4) is 0 Å². The number of aryl methyl sites for hydroxylation is 1. The zero-order chi connectivity index (χ0) is 22.8. The number of pyridine rings is 1. The van der Waals surface area contributed by atoms with Crippen LogP contribution in [0.1, 0.15) is 16.7 Å². The molecule has 0 atom stereocenters. The molecule has 0 spiro atoms. The van der Waals surface area contributed by atoms with E-state index in [1.54, 1.807) is 18.5 Å². The highest BCUT2D eigenvalue weighted by Crippen LogP contribution is 2.30. The lowest BCUT2D eigenvalue weighted by molar-refractivity contribution is -0.134. The Morgan fingerprint density at radius 3 is 2.84 bits per heavy atom. The van der Waals surface area contributed by atoms with E-state index in [2.05, 4.69) is 20.2 Å². The van der Waals surface area contributed by atoms with Crippen molar-refractivity contribution in [2.45, 2.75) is 13.3 Å². The summed E-state index contributed by atoms with van der Waals surface area (Å²) in [6, 6.07) is 9.53. The number of carbonyl (C=O) groups excluding carboxylic acids is 1. The number of likely N-dealkylation sites (N-methyl/N-ethyl adjacent to an activating group) is 1. The molecule has 164 valence electrons. The van der Waals surface area contributed by atoms with Gasteiger partial charge in [-0.1, -0.05) is 12.1 Å². The van der Waals surface area contributed by atoms with Crippen molar-refractivity contribution in [2.75, 3.05) is 26.0 Å². The summed E-state index contributed by atoms with van der Waals surface area (Å²) in [5.74, 6) is -2.17. The third-order valence-electron chi connectivity index (χ3n) is 5.26. The van der Waals surface area contributed by atoms with E-state index in [0.717, 1.165) is 23.9 Å². The Balaban J connectivity index is 1.60. The van der Waals surface area contributed by atoms with Crippen LogP contribution in [0.3, 0.4) is 0 Å². The number of carboxylic acids is 1. The third kappa shape index (κ3) is 4.26. The molecule has 0 fully saturated rings. The molecule has 32 heavy (non-hydrogen) atoms. The molecule has 0 saturated carbocycles. The van der Waals surface area contributed by atoms with Gasteiger partial charge in [0, 0.05) is 35.6 Å². The summed E-state index contributed by atoms with van der Waals surface area (Å²) in [7, 11) is 4.05. The van der Waals surface area contributed by atoms with E-state index in [1.807, 2.05) is 45.3 Å². The minimum Gasteiger partial charge on any atom is -0.477 e. The number of anilines is 1. The highest BCUT2D eigenvalue weighted by Gasteiger charge is 2.36. The van der Waals surface area contributed by atoms with Crippen molar-refractivity contribution in [3.05, 3.63) is 76.6 Å². The van der Waals surface area contributed by atoms with Gasteiger partial charge in [0.1, 0.15) is 5.65 Å². The van der Waals surface area contributed by atoms with E-state index >= 15 is 0 Å². The van der Waals surface area contributed by atoms with Crippen molar-refractivity contribution >= 4 is 34.5 Å². The summed E-state index contributed by atoms with van der Waals surface area (Å²) in [6.07, 6.45) is 5.78. The smallest absolute Gasteiger partial charge is 0.345 e. The van der Waals surface area contributed by atoms with Crippen molar-refractivity contribution in [1.29, 1.82) is 0 Å². The van der Waals surface area contributed by atoms with Crippen LogP contribution in [-0.2, 0) is 20.7 Å². The van der Waals surface area contributed by atoms with Crippen LogP contribution in [0.25, 0.3) is 17.1 Å². The summed E-state index contributed by atoms with van der Waals surface area (Å²) in [6.45, 7) is 2.85. The number of carbonyl (C=O) groups is 2. The molecule has 3 N–H and O–H groups in total. The Hall–Kier alpha value is -3.91. The topological polar surface area (TPSA) is 108 Å². The monoisotopic (exact) mass is 432 g/mol. The molecule has 1 aliphatic heterocycles. The van der Waals surface area contributed by atoms with Crippen LogP contribution < -0.4 is 5.32 Å². The fourth-order valence-electron chi connectivity index (χ4n) is 3.55. The highest BCUT2D eigenvalue weighted by molar-refractivity contribution is 6.26. The summed E-state index contributed by atoms with van der Waals surface area (Å²) >= 11 is 0. The number of H-pyrrole nitrogens is 1. The van der Waals surface area contributed by atoms with Crippen LogP contribution in [0.4, 0.5) is 5.69 Å². The SMILES string of the molecule is Cc1cc(CCN(C)C)ccc1NC1=C(C(=O)O)C(=O)/C(=C/c2c[nH]c3ncccc23)O1. The van der Waals surface area contributed by atoms with Crippen molar-refractivity contribution in [1.82, 2.24) is 14.9 Å². The van der Waals surface area contributed by atoms with Gasteiger partial charge in [-0.3, -0.25) is 4.79 Å². The predicted octanol–water partition coefficient (Wildman–Crippen LogP) is 3.32. The van der Waals surface area contributed by atoms with Gasteiger partial charge in [0.2, 0.25) is 11.7 Å². The first-order valence-corrected chi connectivity index (χ1v) is 10.2. The Morgan fingerprint density at radius 1 is 1.31 bits per heavy atom. The van der Waals surface area contributed by atoms with Crippen LogP contribution in [0, 0.1) is 6.92 Å². The number of aliphatic carboxylic acids is 1. The number of nitrogens with zero attached hydrogens (tertiary/aromatic N) is 2. The van der Waals surface area contributed by atoms with Crippen LogP contribution >= 0.6 is 0 Å². The quantitative estimate of drug-likeness (QED) is 0.388. The van der Waals surface area contributed by atoms with E-state index in [1.165, 1.54) is 11.6 Å². The van der Waals surface area contributed by atoms with Gasteiger partial charge in [0.25, 0.3) is 0 Å². The molecule has 0 aliphatic carbocycles. The van der Waals surface area contributed by atoms with E-state index in [9.17, 15) is 14.7 Å². The summed E-state index contributed by atoms with van der Waals surface area (Å²) in [5, 5.41) is 13.4. The summed E-state index contributed by atoms with van der Waals surface area (Å²) in [5.41, 5.74) is 3.70. The number of ether oxygens (including phenoxy) is 1. The molecule has 4 rings (SSSR count). The molecule has 1 aliphatic rings. The third-order valence-corrected chi connectivity index (χ3v) is 5.26. The maximum absolute atomic E-state index is 12.8. The van der Waals surface area contributed by atoms with Crippen molar-refractivity contribution in [2.24, 2.45) is 0 Å². The molecule has 0 bridgehead atoms. The standard InChI is InChI=1S/C24H24N4O4/c1-14-11-15(8-10-28(2)3)6-7-18(14)27-23-20(24(30)31)21(29)19(32-23)12-16-13-26-22-17(16)5-4-9-25-22/h4-7,9,11-13,27H,8,10H2,1-3H3,(H,25,26)(H,30,31)/b19-12-. The maximum Gasteiger partial charge on any atom is 0.345 e. The highest BCUT2D eigenvalue weighted by atomic mass is 16.5. The molecular formula is C24H24N4O4. The molecule has 3 heterocycles. The minimum absolute atomic E-state index is 0.0603. The molecular weight excluding hydrogens is 408 g/mol. The lowest BCUT2D eigenvalue weighted by atomic mass is 10.1. The fourth-order valence-corrected chi connectivity index (χ4v) is 3.55. The number of benzene rings is 1. The average molecular weight is 432 g/mol. The number of fused-ring (bicyclic) bond motifs is 1. The number of aromatic nitrogens is 2. The van der Waals surface area contributed by atoms with Crippen LogP contribution in [0.15, 0.2) is 59.9 Å². The molecule has 8 nitrogen and oxygen atoms in total. The number of hydrogen-bond donors (Lipinski definition) is 3. The van der Waals surface area contributed by atoms with Gasteiger partial charge >= 0.3 is 5.97 Å². The Kier molecular flexibility index (Phi) is 5.79. The lowest BCUT2D eigenvalue weighted by Crippen LogP contribution is -2.15. The normalized spacial score (nSPS) is 15.1. The summed E-state index contributed by atoms with van der Waals surface area (Å²) in [4.78, 5) is 34.0. The van der Waals surface area contributed by atoms with Crippen LogP contribution in [0.5, 0.6) is 0 Å². The molecule has 8 heteroatoms. The molecule has 1 aromatic carbocycles. The van der Waals surface area contributed by atoms with E-state index < -0.39 is 17.3 Å². The molecule has 0 saturated heterocycles. The second kappa shape index (κ2) is 8.68. The number of allylic oxidation sites excluding steroid dienone is 1. The first-order valence-electron chi connectivity index (χ1n) is 10.2. The van der Waals surface area contributed by atoms with Crippen molar-refractivity contribution < 1.29 is 19.4 Å². The lowest BCUT2D eigenvalue weighted by Gasteiger charge is -2.13. The Morgan fingerprint density at radius 2 is 2.12 bits per heavy atom. The second-order valence-electron chi connectivity index (χ2n) is 7.92. The van der Waals surface area contributed by atoms with E-state index in [0.29, 0.717) is 16.9 Å². The zero-order valence-electron chi connectivity index (χ0n) is 18.1. The largest absolute Gasteiger partial charge is 0.477 e.